The molecule has 0 spiro atoms. The molecular formula is C12H8ClN5O2S2. The molecule has 10 heteroatoms. The first-order chi connectivity index (χ1) is 10.5. The summed E-state index contributed by atoms with van der Waals surface area (Å²) in [6.07, 6.45) is 3.28. The Labute approximate surface area is 133 Å². The highest BCUT2D eigenvalue weighted by Gasteiger charge is 2.25. The zero-order valence-corrected chi connectivity index (χ0v) is 13.2. The van der Waals surface area contributed by atoms with Crippen molar-refractivity contribution in [1.82, 2.24) is 19.6 Å². The minimum absolute atomic E-state index is 0.0537. The van der Waals surface area contributed by atoms with E-state index in [0.717, 1.165) is 10.9 Å². The third-order valence-electron chi connectivity index (χ3n) is 3.13. The second-order valence-electron chi connectivity index (χ2n) is 4.54. The number of imidazole rings is 1. The summed E-state index contributed by atoms with van der Waals surface area (Å²) in [5.41, 5.74) is 1.15. The number of aromatic nitrogens is 4. The molecule has 0 unspecified atom stereocenters. The number of H-pyrrole nitrogens is 1. The Hall–Kier alpha value is -2.10. The molecular weight excluding hydrogens is 346 g/mol. The number of anilines is 1. The predicted octanol–water partition coefficient (Wildman–Crippen LogP) is 2.73. The van der Waals surface area contributed by atoms with Crippen molar-refractivity contribution in [3.63, 3.8) is 0 Å². The van der Waals surface area contributed by atoms with E-state index in [-0.39, 0.29) is 10.2 Å². The normalized spacial score (nSPS) is 12.2. The van der Waals surface area contributed by atoms with E-state index in [4.69, 9.17) is 11.6 Å². The van der Waals surface area contributed by atoms with E-state index >= 15 is 0 Å². The molecule has 2 N–H and O–H groups in total. The Morgan fingerprint density at radius 3 is 3.09 bits per heavy atom. The van der Waals surface area contributed by atoms with Crippen LogP contribution in [0.5, 0.6) is 0 Å². The van der Waals surface area contributed by atoms with Crippen molar-refractivity contribution in [1.29, 1.82) is 0 Å². The second-order valence-corrected chi connectivity index (χ2v) is 7.37. The van der Waals surface area contributed by atoms with Gasteiger partial charge in [0.25, 0.3) is 10.0 Å². The smallest absolute Gasteiger partial charge is 0.278 e. The van der Waals surface area contributed by atoms with Crippen LogP contribution in [0.1, 0.15) is 0 Å². The molecule has 0 fully saturated rings. The summed E-state index contributed by atoms with van der Waals surface area (Å²) in [7, 11) is -3.86. The fourth-order valence-corrected chi connectivity index (χ4v) is 4.69. The Kier molecular flexibility index (Phi) is 2.90. The molecule has 0 bridgehead atoms. The Balaban J connectivity index is 1.80. The number of sulfonamides is 1. The first-order valence-corrected chi connectivity index (χ1v) is 8.86. The summed E-state index contributed by atoms with van der Waals surface area (Å²) >= 11 is 7.29. The quantitative estimate of drug-likeness (QED) is 0.592. The van der Waals surface area contributed by atoms with Gasteiger partial charge < -0.3 is 0 Å². The molecule has 112 valence electrons. The Morgan fingerprint density at radius 2 is 2.23 bits per heavy atom. The fourth-order valence-electron chi connectivity index (χ4n) is 2.18. The summed E-state index contributed by atoms with van der Waals surface area (Å²) in [5.74, 6) is 0. The molecule has 3 heterocycles. The van der Waals surface area contributed by atoms with E-state index in [9.17, 15) is 8.42 Å². The lowest BCUT2D eigenvalue weighted by Crippen LogP contribution is -2.15. The van der Waals surface area contributed by atoms with Crippen molar-refractivity contribution in [3.05, 3.63) is 41.1 Å². The molecule has 0 saturated carbocycles. The molecule has 4 rings (SSSR count). The number of rotatable bonds is 3. The molecule has 0 aliphatic carbocycles. The van der Waals surface area contributed by atoms with Crippen molar-refractivity contribution in [2.24, 2.45) is 0 Å². The van der Waals surface area contributed by atoms with Crippen LogP contribution in [0.15, 0.2) is 41.0 Å². The van der Waals surface area contributed by atoms with Crippen LogP contribution in [-0.4, -0.2) is 28.0 Å². The monoisotopic (exact) mass is 353 g/mol. The maximum absolute atomic E-state index is 12.6. The zero-order valence-electron chi connectivity index (χ0n) is 10.8. The molecule has 7 nitrogen and oxygen atoms in total. The molecule has 0 saturated heterocycles. The highest BCUT2D eigenvalue weighted by molar-refractivity contribution is 7.92. The minimum Gasteiger partial charge on any atom is -0.278 e. The molecule has 22 heavy (non-hydrogen) atoms. The largest absolute Gasteiger partial charge is 0.281 e. The molecule has 3 aromatic heterocycles. The maximum Gasteiger partial charge on any atom is 0.281 e. The van der Waals surface area contributed by atoms with Gasteiger partial charge in [0.1, 0.15) is 0 Å². The van der Waals surface area contributed by atoms with Crippen LogP contribution in [0.3, 0.4) is 0 Å². The average molecular weight is 354 g/mol. The van der Waals surface area contributed by atoms with Gasteiger partial charge in [-0.3, -0.25) is 14.2 Å². The van der Waals surface area contributed by atoms with Gasteiger partial charge in [0.15, 0.2) is 15.1 Å². The summed E-state index contributed by atoms with van der Waals surface area (Å²) in [6, 6.07) is 5.10. The van der Waals surface area contributed by atoms with Gasteiger partial charge in [-0.1, -0.05) is 11.6 Å². The van der Waals surface area contributed by atoms with Gasteiger partial charge in [0, 0.05) is 17.0 Å². The molecule has 0 atom stereocenters. The van der Waals surface area contributed by atoms with Crippen LogP contribution in [-0.2, 0) is 10.0 Å². The summed E-state index contributed by atoms with van der Waals surface area (Å²) < 4.78 is 29.1. The first-order valence-electron chi connectivity index (χ1n) is 6.11. The topological polar surface area (TPSA) is 92.1 Å². The standard InChI is InChI=1S/C12H8ClN5O2S2/c13-10-11(18-3-4-21-12(18)15-10)22(19,20)17-8-2-1-7-6-14-16-9(7)5-8/h1-6,17H,(H,14,16). The van der Waals surface area contributed by atoms with Gasteiger partial charge in [-0.25, -0.2) is 4.98 Å². The highest BCUT2D eigenvalue weighted by Crippen LogP contribution is 2.27. The number of benzene rings is 1. The van der Waals surface area contributed by atoms with Gasteiger partial charge >= 0.3 is 0 Å². The van der Waals surface area contributed by atoms with Crippen molar-refractivity contribution in [3.8, 4) is 0 Å². The van der Waals surface area contributed by atoms with Crippen molar-refractivity contribution >= 4 is 54.5 Å². The van der Waals surface area contributed by atoms with Gasteiger partial charge in [-0.2, -0.15) is 13.5 Å². The highest BCUT2D eigenvalue weighted by atomic mass is 35.5. The molecule has 4 aromatic rings. The third-order valence-corrected chi connectivity index (χ3v) is 5.66. The predicted molar refractivity (Wildman–Crippen MR) is 85.0 cm³/mol. The maximum atomic E-state index is 12.6. The van der Waals surface area contributed by atoms with E-state index in [1.807, 2.05) is 0 Å². The lowest BCUT2D eigenvalue weighted by Gasteiger charge is -2.07. The van der Waals surface area contributed by atoms with E-state index < -0.39 is 10.0 Å². The van der Waals surface area contributed by atoms with Crippen LogP contribution in [0.4, 0.5) is 5.69 Å². The van der Waals surface area contributed by atoms with Crippen LogP contribution in [0, 0.1) is 0 Å². The number of aromatic amines is 1. The number of fused-ring (bicyclic) bond motifs is 2. The van der Waals surface area contributed by atoms with Gasteiger partial charge in [-0.05, 0) is 18.2 Å². The lowest BCUT2D eigenvalue weighted by atomic mass is 10.2. The van der Waals surface area contributed by atoms with Gasteiger partial charge in [-0.15, -0.1) is 11.3 Å². The van der Waals surface area contributed by atoms with E-state index in [2.05, 4.69) is 19.9 Å². The molecule has 0 aliphatic rings. The molecule has 1 aromatic carbocycles. The number of nitrogens with one attached hydrogen (secondary N) is 2. The Bertz CT molecular complexity index is 1100. The van der Waals surface area contributed by atoms with Crippen molar-refractivity contribution in [2.75, 3.05) is 4.72 Å². The molecule has 0 radical (unpaired) electrons. The third kappa shape index (κ3) is 2.05. The molecule has 0 amide bonds. The summed E-state index contributed by atoms with van der Waals surface area (Å²) in [4.78, 5) is 4.56. The average Bonchev–Trinajstić information content (AvgIpc) is 3.11. The van der Waals surface area contributed by atoms with Gasteiger partial charge in [0.05, 0.1) is 17.4 Å². The summed E-state index contributed by atoms with van der Waals surface area (Å²) in [5, 5.41) is 9.20. The number of hydrogen-bond acceptors (Lipinski definition) is 5. The SMILES string of the molecule is O=S(=O)(Nc1ccc2cn[nH]c2c1)c1c(Cl)nc2sccn12. The van der Waals surface area contributed by atoms with Gasteiger partial charge in [0.2, 0.25) is 0 Å². The molecule has 0 aliphatic heterocycles. The minimum atomic E-state index is -3.86. The Morgan fingerprint density at radius 1 is 1.36 bits per heavy atom. The number of thiazole rings is 1. The van der Waals surface area contributed by atoms with Crippen LogP contribution in [0.2, 0.25) is 5.15 Å². The van der Waals surface area contributed by atoms with Crippen LogP contribution in [0.25, 0.3) is 15.9 Å². The van der Waals surface area contributed by atoms with Crippen molar-refractivity contribution < 1.29 is 8.42 Å². The number of hydrogen-bond donors (Lipinski definition) is 2. The van der Waals surface area contributed by atoms with E-state index in [1.54, 1.807) is 36.0 Å². The van der Waals surface area contributed by atoms with E-state index in [1.165, 1.54) is 15.7 Å². The van der Waals surface area contributed by atoms with Crippen LogP contribution < -0.4 is 4.72 Å². The number of nitrogens with zero attached hydrogens (tertiary/aromatic N) is 3. The summed E-state index contributed by atoms with van der Waals surface area (Å²) in [6.45, 7) is 0. The lowest BCUT2D eigenvalue weighted by molar-refractivity contribution is 0.597. The first kappa shape index (κ1) is 13.6. The second kappa shape index (κ2) is 4.70. The van der Waals surface area contributed by atoms with E-state index in [0.29, 0.717) is 10.6 Å². The van der Waals surface area contributed by atoms with Crippen molar-refractivity contribution in [2.45, 2.75) is 5.03 Å². The number of halogens is 1. The van der Waals surface area contributed by atoms with Crippen LogP contribution >= 0.6 is 22.9 Å². The fraction of sp³-hybridized carbons (Fsp3) is 0. The zero-order chi connectivity index (χ0) is 15.3.